The van der Waals surface area contributed by atoms with Crippen molar-refractivity contribution in [3.8, 4) is 5.75 Å². The summed E-state index contributed by atoms with van der Waals surface area (Å²) < 4.78 is 0. The van der Waals surface area contributed by atoms with Crippen molar-refractivity contribution in [2.24, 2.45) is 0 Å². The first kappa shape index (κ1) is 17.1. The maximum Gasteiger partial charge on any atom is 0.121 e. The lowest BCUT2D eigenvalue weighted by atomic mass is 9.97. The Morgan fingerprint density at radius 3 is 1.75 bits per heavy atom. The van der Waals surface area contributed by atoms with E-state index in [1.807, 2.05) is 0 Å². The summed E-state index contributed by atoms with van der Waals surface area (Å²) in [4.78, 5) is 0. The third kappa shape index (κ3) is 5.56. The van der Waals surface area contributed by atoms with Gasteiger partial charge in [-0.2, -0.15) is 0 Å². The van der Waals surface area contributed by atoms with E-state index in [9.17, 15) is 5.11 Å². The van der Waals surface area contributed by atoms with E-state index in [0.29, 0.717) is 5.75 Å². The largest absolute Gasteiger partial charge is 0.507 e. The highest BCUT2D eigenvalue weighted by Gasteiger charge is 2.07. The molecule has 0 aliphatic rings. The van der Waals surface area contributed by atoms with E-state index >= 15 is 0 Å². The van der Waals surface area contributed by atoms with Gasteiger partial charge < -0.3 is 5.11 Å². The molecule has 0 spiro atoms. The number of rotatable bonds is 10. The second-order valence-electron chi connectivity index (χ2n) is 5.84. The fourth-order valence-corrected chi connectivity index (χ4v) is 2.80. The molecule has 0 fully saturated rings. The molecule has 1 nitrogen and oxygen atoms in total. The van der Waals surface area contributed by atoms with Gasteiger partial charge in [-0.15, -0.1) is 0 Å². The minimum absolute atomic E-state index is 0.526. The lowest BCUT2D eigenvalue weighted by molar-refractivity contribution is 0.462. The van der Waals surface area contributed by atoms with Gasteiger partial charge in [0.05, 0.1) is 0 Å². The molecule has 1 rings (SSSR count). The van der Waals surface area contributed by atoms with Crippen molar-refractivity contribution in [1.29, 1.82) is 0 Å². The Morgan fingerprint density at radius 2 is 1.25 bits per heavy atom. The number of phenols is 1. The normalized spacial score (nSPS) is 10.9. The van der Waals surface area contributed by atoms with Gasteiger partial charge in [-0.3, -0.25) is 0 Å². The maximum absolute atomic E-state index is 10.1. The van der Waals surface area contributed by atoms with Crippen molar-refractivity contribution < 1.29 is 5.11 Å². The van der Waals surface area contributed by atoms with E-state index in [0.717, 1.165) is 30.4 Å². The van der Waals surface area contributed by atoms with Crippen LogP contribution in [0.1, 0.15) is 82.4 Å². The van der Waals surface area contributed by atoms with Gasteiger partial charge in [0.1, 0.15) is 5.75 Å². The number of unbranched alkanes of at least 4 members (excludes halogenated alkanes) is 6. The van der Waals surface area contributed by atoms with Gasteiger partial charge in [0, 0.05) is 0 Å². The van der Waals surface area contributed by atoms with Crippen molar-refractivity contribution >= 4 is 0 Å². The van der Waals surface area contributed by atoms with Crippen LogP contribution in [-0.2, 0) is 19.3 Å². The van der Waals surface area contributed by atoms with Gasteiger partial charge in [-0.25, -0.2) is 0 Å². The van der Waals surface area contributed by atoms with Crippen LogP contribution in [0.15, 0.2) is 12.1 Å². The van der Waals surface area contributed by atoms with Crippen molar-refractivity contribution in [2.45, 2.75) is 85.0 Å². The SMILES string of the molecule is CCCCCCCCCc1cc(CC)c(O)c(CC)c1. The fourth-order valence-electron chi connectivity index (χ4n) is 2.80. The number of benzene rings is 1. The molecule has 0 aliphatic carbocycles. The van der Waals surface area contributed by atoms with Gasteiger partial charge in [0.2, 0.25) is 0 Å². The van der Waals surface area contributed by atoms with Gasteiger partial charge >= 0.3 is 0 Å². The van der Waals surface area contributed by atoms with Gasteiger partial charge in [0.25, 0.3) is 0 Å². The van der Waals surface area contributed by atoms with Gasteiger partial charge in [0.15, 0.2) is 0 Å². The van der Waals surface area contributed by atoms with Crippen LogP contribution in [0.5, 0.6) is 5.75 Å². The van der Waals surface area contributed by atoms with Crippen LogP contribution in [0.2, 0.25) is 0 Å². The van der Waals surface area contributed by atoms with Crippen LogP contribution in [0.25, 0.3) is 0 Å². The number of aromatic hydroxyl groups is 1. The van der Waals surface area contributed by atoms with Crippen molar-refractivity contribution in [2.75, 3.05) is 0 Å². The number of aryl methyl sites for hydroxylation is 3. The predicted octanol–water partition coefficient (Wildman–Crippen LogP) is 5.81. The lowest BCUT2D eigenvalue weighted by Crippen LogP contribution is -1.94. The summed E-state index contributed by atoms with van der Waals surface area (Å²) in [5.41, 5.74) is 3.63. The molecule has 114 valence electrons. The first-order chi connectivity index (χ1) is 9.72. The van der Waals surface area contributed by atoms with E-state index in [-0.39, 0.29) is 0 Å². The molecule has 0 aliphatic heterocycles. The highest BCUT2D eigenvalue weighted by molar-refractivity contribution is 5.43. The van der Waals surface area contributed by atoms with Gasteiger partial charge in [-0.05, 0) is 42.4 Å². The molecule has 0 radical (unpaired) electrons. The third-order valence-electron chi connectivity index (χ3n) is 4.16. The zero-order valence-corrected chi connectivity index (χ0v) is 13.7. The Morgan fingerprint density at radius 1 is 0.750 bits per heavy atom. The summed E-state index contributed by atoms with van der Waals surface area (Å²) in [6, 6.07) is 4.40. The summed E-state index contributed by atoms with van der Waals surface area (Å²) in [5, 5.41) is 10.1. The Balaban J connectivity index is 2.40. The van der Waals surface area contributed by atoms with Crippen LogP contribution in [-0.4, -0.2) is 5.11 Å². The first-order valence-electron chi connectivity index (χ1n) is 8.56. The van der Waals surface area contributed by atoms with E-state index in [4.69, 9.17) is 0 Å². The molecule has 0 amide bonds. The minimum Gasteiger partial charge on any atom is -0.507 e. The summed E-state index contributed by atoms with van der Waals surface area (Å²) in [6.07, 6.45) is 12.5. The van der Waals surface area contributed by atoms with Crippen molar-refractivity contribution in [3.63, 3.8) is 0 Å². The molecule has 0 aromatic heterocycles. The Labute approximate surface area is 125 Å². The average Bonchev–Trinajstić information content (AvgIpc) is 2.47. The Bertz CT molecular complexity index is 356. The van der Waals surface area contributed by atoms with Crippen LogP contribution in [0.3, 0.4) is 0 Å². The summed E-state index contributed by atoms with van der Waals surface area (Å²) >= 11 is 0. The molecule has 1 aromatic rings. The van der Waals surface area contributed by atoms with Crippen LogP contribution in [0.4, 0.5) is 0 Å². The Kier molecular flexibility index (Phi) is 8.41. The minimum atomic E-state index is 0.526. The zero-order chi connectivity index (χ0) is 14.8. The second-order valence-corrected chi connectivity index (χ2v) is 5.84. The molecule has 1 N–H and O–H groups in total. The molecular weight excluding hydrogens is 244 g/mol. The zero-order valence-electron chi connectivity index (χ0n) is 13.7. The molecule has 1 heteroatoms. The topological polar surface area (TPSA) is 20.2 Å². The monoisotopic (exact) mass is 276 g/mol. The smallest absolute Gasteiger partial charge is 0.121 e. The first-order valence-corrected chi connectivity index (χ1v) is 8.56. The summed E-state index contributed by atoms with van der Waals surface area (Å²) in [7, 11) is 0. The number of phenolic OH excluding ortho intramolecular Hbond substituents is 1. The highest BCUT2D eigenvalue weighted by atomic mass is 16.3. The van der Waals surface area contributed by atoms with E-state index in [1.54, 1.807) is 0 Å². The Hall–Kier alpha value is -0.980. The predicted molar refractivity (Wildman–Crippen MR) is 88.6 cm³/mol. The molecule has 1 aromatic carbocycles. The molecule has 0 heterocycles. The molecule has 0 saturated carbocycles. The summed E-state index contributed by atoms with van der Waals surface area (Å²) in [5.74, 6) is 0.526. The van der Waals surface area contributed by atoms with E-state index < -0.39 is 0 Å². The van der Waals surface area contributed by atoms with Gasteiger partial charge in [-0.1, -0.05) is 71.4 Å². The molecule has 0 bridgehead atoms. The van der Waals surface area contributed by atoms with Crippen LogP contribution >= 0.6 is 0 Å². The second kappa shape index (κ2) is 9.85. The standard InChI is InChI=1S/C19H32O/c1-4-7-8-9-10-11-12-13-16-14-17(5-2)19(20)18(6-3)15-16/h14-15,20H,4-13H2,1-3H3. The summed E-state index contributed by atoms with van der Waals surface area (Å²) in [6.45, 7) is 6.50. The molecule has 0 atom stereocenters. The molecular formula is C19H32O. The fraction of sp³-hybridized carbons (Fsp3) is 0.684. The van der Waals surface area contributed by atoms with Crippen molar-refractivity contribution in [3.05, 3.63) is 28.8 Å². The quantitative estimate of drug-likeness (QED) is 0.535. The highest BCUT2D eigenvalue weighted by Crippen LogP contribution is 2.26. The van der Waals surface area contributed by atoms with Crippen LogP contribution in [0, 0.1) is 0 Å². The molecule has 20 heavy (non-hydrogen) atoms. The number of hydrogen-bond donors (Lipinski definition) is 1. The van der Waals surface area contributed by atoms with Crippen LogP contribution < -0.4 is 0 Å². The third-order valence-corrected chi connectivity index (χ3v) is 4.16. The molecule has 0 unspecified atom stereocenters. The van der Waals surface area contributed by atoms with E-state index in [1.165, 1.54) is 50.5 Å². The lowest BCUT2D eigenvalue weighted by Gasteiger charge is -2.11. The maximum atomic E-state index is 10.1. The van der Waals surface area contributed by atoms with Crippen molar-refractivity contribution in [1.82, 2.24) is 0 Å². The van der Waals surface area contributed by atoms with E-state index in [2.05, 4.69) is 32.9 Å². The number of hydrogen-bond acceptors (Lipinski definition) is 1. The molecule has 0 saturated heterocycles. The average molecular weight is 276 g/mol.